The van der Waals surface area contributed by atoms with Gasteiger partial charge >= 0.3 is 0 Å². The molecule has 0 aliphatic carbocycles. The van der Waals surface area contributed by atoms with Gasteiger partial charge in [0.15, 0.2) is 0 Å². The third-order valence-corrected chi connectivity index (χ3v) is 2.34. The van der Waals surface area contributed by atoms with Crippen molar-refractivity contribution in [3.05, 3.63) is 48.5 Å². The summed E-state index contributed by atoms with van der Waals surface area (Å²) >= 11 is 0. The van der Waals surface area contributed by atoms with E-state index >= 15 is 0 Å². The van der Waals surface area contributed by atoms with Crippen molar-refractivity contribution in [3.63, 3.8) is 0 Å². The molecule has 3 aromatic rings. The predicted octanol–water partition coefficient (Wildman–Crippen LogP) is 2.33. The molecule has 0 fully saturated rings. The molecule has 3 rings (SSSR count). The topological polar surface area (TPSA) is 64.7 Å². The first-order valence-corrected chi connectivity index (χ1v) is 5.19. The van der Waals surface area contributed by atoms with Crippen LogP contribution < -0.4 is 0 Å². The van der Waals surface area contributed by atoms with Gasteiger partial charge in [0.1, 0.15) is 5.82 Å². The van der Waals surface area contributed by atoms with Crippen molar-refractivity contribution in [2.24, 2.45) is 0 Å². The van der Waals surface area contributed by atoms with Crippen LogP contribution in [0.1, 0.15) is 0 Å². The number of rotatable bonds is 2. The molecule has 0 spiro atoms. The number of benzene rings is 1. The lowest BCUT2D eigenvalue weighted by Crippen LogP contribution is -1.84. The molecule has 0 saturated carbocycles. The van der Waals surface area contributed by atoms with Crippen LogP contribution in [-0.2, 0) is 0 Å². The molecule has 0 N–H and O–H groups in total. The van der Waals surface area contributed by atoms with Gasteiger partial charge in [0.2, 0.25) is 5.82 Å². The molecular weight excluding hydrogens is 235 g/mol. The van der Waals surface area contributed by atoms with E-state index < -0.39 is 0 Å². The van der Waals surface area contributed by atoms with Crippen molar-refractivity contribution in [2.75, 3.05) is 0 Å². The minimum absolute atomic E-state index is 0.265. The van der Waals surface area contributed by atoms with Gasteiger partial charge in [0.25, 0.3) is 5.89 Å². The van der Waals surface area contributed by atoms with Gasteiger partial charge in [-0.1, -0.05) is 11.2 Å². The quantitative estimate of drug-likeness (QED) is 0.690. The summed E-state index contributed by atoms with van der Waals surface area (Å²) in [6, 6.07) is 7.69. The zero-order chi connectivity index (χ0) is 12.4. The van der Waals surface area contributed by atoms with E-state index in [0.717, 1.165) is 0 Å². The molecule has 2 heterocycles. The normalized spacial score (nSPS) is 10.5. The second-order valence-electron chi connectivity index (χ2n) is 3.56. The summed E-state index contributed by atoms with van der Waals surface area (Å²) in [5.74, 6) is 0.309. The fourth-order valence-corrected chi connectivity index (χ4v) is 1.50. The Hall–Kier alpha value is -2.63. The van der Waals surface area contributed by atoms with E-state index in [2.05, 4.69) is 20.3 Å². The molecule has 2 aromatic heterocycles. The van der Waals surface area contributed by atoms with Crippen LogP contribution in [0.3, 0.4) is 0 Å². The van der Waals surface area contributed by atoms with Crippen molar-refractivity contribution < 1.29 is 8.91 Å². The monoisotopic (exact) mass is 242 g/mol. The zero-order valence-electron chi connectivity index (χ0n) is 9.12. The molecule has 0 atom stereocenters. The fraction of sp³-hybridized carbons (Fsp3) is 0. The predicted molar refractivity (Wildman–Crippen MR) is 60.7 cm³/mol. The highest BCUT2D eigenvalue weighted by Gasteiger charge is 2.10. The number of halogens is 1. The molecule has 1 aromatic carbocycles. The first-order valence-electron chi connectivity index (χ1n) is 5.19. The summed E-state index contributed by atoms with van der Waals surface area (Å²) in [6.45, 7) is 0. The Morgan fingerprint density at radius 2 is 2.00 bits per heavy atom. The molecule has 0 unspecified atom stereocenters. The highest BCUT2D eigenvalue weighted by Crippen LogP contribution is 2.21. The first kappa shape index (κ1) is 10.5. The van der Waals surface area contributed by atoms with Crippen molar-refractivity contribution in [1.29, 1.82) is 0 Å². The minimum Gasteiger partial charge on any atom is -0.334 e. The molecular formula is C12H7FN4O. The minimum atomic E-state index is -0.349. The molecule has 0 amide bonds. The maximum absolute atomic E-state index is 13.1. The molecule has 18 heavy (non-hydrogen) atoms. The molecule has 0 radical (unpaired) electrons. The first-order chi connectivity index (χ1) is 8.83. The fourth-order valence-electron chi connectivity index (χ4n) is 1.50. The molecule has 5 nitrogen and oxygen atoms in total. The Labute approximate surface area is 101 Å². The summed E-state index contributed by atoms with van der Waals surface area (Å²) in [6.07, 6.45) is 3.06. The van der Waals surface area contributed by atoms with Crippen molar-refractivity contribution in [3.8, 4) is 22.8 Å². The highest BCUT2D eigenvalue weighted by atomic mass is 19.1. The lowest BCUT2D eigenvalue weighted by molar-refractivity contribution is 0.432. The third kappa shape index (κ3) is 1.95. The number of aromatic nitrogens is 4. The second-order valence-corrected chi connectivity index (χ2v) is 3.56. The number of nitrogens with zero attached hydrogens (tertiary/aromatic N) is 4. The Balaban J connectivity index is 2.00. The standard InChI is InChI=1S/C12H7FN4O/c13-10-3-1-2-8(6-10)12-16-11(17-18-12)9-4-5-14-15-7-9/h1-7H. The summed E-state index contributed by atoms with van der Waals surface area (Å²) in [5.41, 5.74) is 1.23. The summed E-state index contributed by atoms with van der Waals surface area (Å²) in [5, 5.41) is 11.2. The van der Waals surface area contributed by atoms with Crippen LogP contribution >= 0.6 is 0 Å². The molecule has 6 heteroatoms. The smallest absolute Gasteiger partial charge is 0.258 e. The van der Waals surface area contributed by atoms with Gasteiger partial charge in [-0.3, -0.25) is 0 Å². The summed E-state index contributed by atoms with van der Waals surface area (Å²) in [7, 11) is 0. The molecule has 0 aliphatic rings. The van der Waals surface area contributed by atoms with Crippen LogP contribution in [0.4, 0.5) is 4.39 Å². The van der Waals surface area contributed by atoms with Gasteiger partial charge in [-0.15, -0.1) is 0 Å². The number of hydrogen-bond acceptors (Lipinski definition) is 5. The van der Waals surface area contributed by atoms with Gasteiger partial charge in [-0.05, 0) is 24.3 Å². The molecule has 0 saturated heterocycles. The van der Waals surface area contributed by atoms with Gasteiger partial charge in [0, 0.05) is 11.1 Å². The Bertz CT molecular complexity index is 669. The third-order valence-electron chi connectivity index (χ3n) is 2.34. The van der Waals surface area contributed by atoms with Gasteiger partial charge in [0.05, 0.1) is 12.4 Å². The van der Waals surface area contributed by atoms with E-state index in [-0.39, 0.29) is 11.7 Å². The lowest BCUT2D eigenvalue weighted by atomic mass is 10.2. The Morgan fingerprint density at radius 1 is 1.06 bits per heavy atom. The van der Waals surface area contributed by atoms with E-state index in [9.17, 15) is 4.39 Å². The molecule has 0 aliphatic heterocycles. The molecule has 88 valence electrons. The maximum Gasteiger partial charge on any atom is 0.258 e. The van der Waals surface area contributed by atoms with Gasteiger partial charge < -0.3 is 4.52 Å². The average Bonchev–Trinajstić information content (AvgIpc) is 2.89. The van der Waals surface area contributed by atoms with E-state index in [1.54, 1.807) is 18.2 Å². The average molecular weight is 242 g/mol. The zero-order valence-corrected chi connectivity index (χ0v) is 9.12. The van der Waals surface area contributed by atoms with Crippen LogP contribution in [0, 0.1) is 5.82 Å². The van der Waals surface area contributed by atoms with Crippen LogP contribution in [0.2, 0.25) is 0 Å². The van der Waals surface area contributed by atoms with Crippen LogP contribution in [0.25, 0.3) is 22.8 Å². The van der Waals surface area contributed by atoms with E-state index in [4.69, 9.17) is 4.52 Å². The van der Waals surface area contributed by atoms with E-state index in [1.165, 1.54) is 24.5 Å². The van der Waals surface area contributed by atoms with Gasteiger partial charge in [-0.2, -0.15) is 15.2 Å². The van der Waals surface area contributed by atoms with Crippen LogP contribution in [-0.4, -0.2) is 20.3 Å². The van der Waals surface area contributed by atoms with Crippen LogP contribution in [0.5, 0.6) is 0 Å². The van der Waals surface area contributed by atoms with E-state index in [0.29, 0.717) is 17.0 Å². The highest BCUT2D eigenvalue weighted by molar-refractivity contribution is 5.58. The van der Waals surface area contributed by atoms with Crippen molar-refractivity contribution >= 4 is 0 Å². The van der Waals surface area contributed by atoms with Crippen molar-refractivity contribution in [2.45, 2.75) is 0 Å². The summed E-state index contributed by atoms with van der Waals surface area (Å²) in [4.78, 5) is 4.18. The van der Waals surface area contributed by atoms with Crippen LogP contribution in [0.15, 0.2) is 47.2 Å². The maximum atomic E-state index is 13.1. The lowest BCUT2D eigenvalue weighted by Gasteiger charge is -1.93. The Kier molecular flexibility index (Phi) is 2.53. The summed E-state index contributed by atoms with van der Waals surface area (Å²) < 4.78 is 18.2. The Morgan fingerprint density at radius 3 is 2.78 bits per heavy atom. The SMILES string of the molecule is Fc1cccc(-c2nc(-c3ccnnc3)no2)c1. The largest absolute Gasteiger partial charge is 0.334 e. The molecule has 0 bridgehead atoms. The van der Waals surface area contributed by atoms with E-state index in [1.807, 2.05) is 0 Å². The van der Waals surface area contributed by atoms with Crippen molar-refractivity contribution in [1.82, 2.24) is 20.3 Å². The second kappa shape index (κ2) is 4.33. The van der Waals surface area contributed by atoms with Gasteiger partial charge in [-0.25, -0.2) is 4.39 Å². The number of hydrogen-bond donors (Lipinski definition) is 0.